The Bertz CT molecular complexity index is 803. The summed E-state index contributed by atoms with van der Waals surface area (Å²) in [5.41, 5.74) is 2.13. The molecule has 0 radical (unpaired) electrons. The van der Waals surface area contributed by atoms with Gasteiger partial charge in [-0.3, -0.25) is 0 Å². The van der Waals surface area contributed by atoms with Crippen LogP contribution < -0.4 is 15.4 Å². The minimum absolute atomic E-state index is 0.0814. The van der Waals surface area contributed by atoms with Gasteiger partial charge in [-0.15, -0.1) is 0 Å². The SMILES string of the molecule is CC(CNCC1CNc2cccnc2O1)c1ccc(Cl)nc1.c1ccccc1. The van der Waals surface area contributed by atoms with E-state index >= 15 is 0 Å². The summed E-state index contributed by atoms with van der Waals surface area (Å²) >= 11 is 5.81. The number of aromatic nitrogens is 2. The van der Waals surface area contributed by atoms with E-state index in [2.05, 4.69) is 27.5 Å². The van der Waals surface area contributed by atoms with Crippen LogP contribution in [0.1, 0.15) is 18.4 Å². The van der Waals surface area contributed by atoms with Crippen LogP contribution in [0.3, 0.4) is 0 Å². The number of anilines is 1. The van der Waals surface area contributed by atoms with Gasteiger partial charge in [-0.05, 0) is 29.7 Å². The first-order chi connectivity index (χ1) is 13.7. The zero-order chi connectivity index (χ0) is 19.6. The summed E-state index contributed by atoms with van der Waals surface area (Å²) in [5.74, 6) is 1.04. The minimum Gasteiger partial charge on any atom is -0.470 e. The summed E-state index contributed by atoms with van der Waals surface area (Å²) in [6, 6.07) is 19.7. The van der Waals surface area contributed by atoms with Gasteiger partial charge in [-0.1, -0.05) is 61.0 Å². The number of ether oxygens (including phenoxy) is 1. The molecule has 2 unspecified atom stereocenters. The zero-order valence-corrected chi connectivity index (χ0v) is 16.6. The maximum atomic E-state index is 5.87. The molecule has 3 aromatic rings. The number of nitrogens with zero attached hydrogens (tertiary/aromatic N) is 2. The van der Waals surface area contributed by atoms with Crippen LogP contribution in [0.5, 0.6) is 5.88 Å². The number of hydrogen-bond acceptors (Lipinski definition) is 5. The molecule has 6 heteroatoms. The van der Waals surface area contributed by atoms with Gasteiger partial charge in [0.1, 0.15) is 11.3 Å². The van der Waals surface area contributed by atoms with Crippen molar-refractivity contribution in [1.29, 1.82) is 0 Å². The highest BCUT2D eigenvalue weighted by molar-refractivity contribution is 6.29. The number of hydrogen-bond donors (Lipinski definition) is 2. The maximum Gasteiger partial charge on any atom is 0.237 e. The van der Waals surface area contributed by atoms with E-state index in [1.165, 1.54) is 5.56 Å². The summed E-state index contributed by atoms with van der Waals surface area (Å²) < 4.78 is 5.87. The lowest BCUT2D eigenvalue weighted by Gasteiger charge is -2.26. The van der Waals surface area contributed by atoms with E-state index in [1.54, 1.807) is 6.20 Å². The van der Waals surface area contributed by atoms with Gasteiger partial charge in [0, 0.05) is 25.5 Å². The molecule has 146 valence electrons. The molecule has 1 aromatic carbocycles. The van der Waals surface area contributed by atoms with Crippen LogP contribution in [0.2, 0.25) is 5.15 Å². The van der Waals surface area contributed by atoms with Crippen LogP contribution >= 0.6 is 11.6 Å². The Kier molecular flexibility index (Phi) is 7.64. The molecule has 0 bridgehead atoms. The molecule has 28 heavy (non-hydrogen) atoms. The number of halogens is 1. The molecule has 0 amide bonds. The monoisotopic (exact) mass is 396 g/mol. The van der Waals surface area contributed by atoms with E-state index in [0.29, 0.717) is 17.0 Å². The van der Waals surface area contributed by atoms with Crippen LogP contribution in [0.15, 0.2) is 73.1 Å². The lowest BCUT2D eigenvalue weighted by Crippen LogP contribution is -2.40. The Morgan fingerprint density at radius 1 is 1.11 bits per heavy atom. The molecule has 0 saturated carbocycles. The molecule has 2 aromatic heterocycles. The second kappa shape index (κ2) is 10.6. The highest BCUT2D eigenvalue weighted by Crippen LogP contribution is 2.25. The predicted molar refractivity (Wildman–Crippen MR) is 114 cm³/mol. The molecule has 1 aliphatic heterocycles. The average molecular weight is 397 g/mol. The van der Waals surface area contributed by atoms with Crippen molar-refractivity contribution in [3.8, 4) is 5.88 Å². The van der Waals surface area contributed by atoms with Crippen molar-refractivity contribution < 1.29 is 4.74 Å². The van der Waals surface area contributed by atoms with Crippen LogP contribution in [-0.4, -0.2) is 35.7 Å². The average Bonchev–Trinajstić information content (AvgIpc) is 2.76. The van der Waals surface area contributed by atoms with Crippen LogP contribution in [0.4, 0.5) is 5.69 Å². The molecule has 2 N–H and O–H groups in total. The van der Waals surface area contributed by atoms with Crippen molar-refractivity contribution in [2.24, 2.45) is 0 Å². The molecular formula is C22H25ClN4O. The fourth-order valence-electron chi connectivity index (χ4n) is 2.80. The second-order valence-corrected chi connectivity index (χ2v) is 6.99. The lowest BCUT2D eigenvalue weighted by atomic mass is 10.0. The topological polar surface area (TPSA) is 59.1 Å². The van der Waals surface area contributed by atoms with E-state index < -0.39 is 0 Å². The summed E-state index contributed by atoms with van der Waals surface area (Å²) in [6.07, 6.45) is 3.65. The summed E-state index contributed by atoms with van der Waals surface area (Å²) in [7, 11) is 0. The number of benzene rings is 1. The van der Waals surface area contributed by atoms with Gasteiger partial charge < -0.3 is 15.4 Å². The second-order valence-electron chi connectivity index (χ2n) is 6.61. The third-order valence-corrected chi connectivity index (χ3v) is 4.60. The van der Waals surface area contributed by atoms with Crippen molar-refractivity contribution in [3.63, 3.8) is 0 Å². The van der Waals surface area contributed by atoms with Gasteiger partial charge in [-0.25, -0.2) is 9.97 Å². The standard InChI is InChI=1S/C16H19ClN4O.C6H6/c1-11(12-4-5-15(17)21-8-12)7-18-9-13-10-20-14-3-2-6-19-16(14)22-13;1-2-4-6-5-3-1/h2-6,8,11,13,18,20H,7,9-10H2,1H3;1-6H. The molecule has 0 spiro atoms. The van der Waals surface area contributed by atoms with E-state index in [9.17, 15) is 0 Å². The van der Waals surface area contributed by atoms with Gasteiger partial charge in [0.2, 0.25) is 5.88 Å². The molecule has 5 nitrogen and oxygen atoms in total. The Morgan fingerprint density at radius 3 is 2.54 bits per heavy atom. The molecule has 2 atom stereocenters. The smallest absolute Gasteiger partial charge is 0.237 e. The quantitative estimate of drug-likeness (QED) is 0.626. The molecule has 1 aliphatic rings. The van der Waals surface area contributed by atoms with Gasteiger partial charge in [0.25, 0.3) is 0 Å². The normalized spacial score (nSPS) is 15.9. The fourth-order valence-corrected chi connectivity index (χ4v) is 2.91. The molecule has 0 saturated heterocycles. The van der Waals surface area contributed by atoms with E-state index in [1.807, 2.05) is 66.9 Å². The molecule has 0 fully saturated rings. The van der Waals surface area contributed by atoms with Gasteiger partial charge >= 0.3 is 0 Å². The Hall–Kier alpha value is -2.63. The lowest BCUT2D eigenvalue weighted by molar-refractivity contribution is 0.193. The fraction of sp³-hybridized carbons (Fsp3) is 0.273. The van der Waals surface area contributed by atoms with Crippen molar-refractivity contribution in [2.45, 2.75) is 18.9 Å². The number of nitrogens with one attached hydrogen (secondary N) is 2. The molecule has 0 aliphatic carbocycles. The van der Waals surface area contributed by atoms with Gasteiger partial charge in [0.05, 0.1) is 12.2 Å². The highest BCUT2D eigenvalue weighted by atomic mass is 35.5. The van der Waals surface area contributed by atoms with Crippen molar-refractivity contribution in [2.75, 3.05) is 25.0 Å². The largest absolute Gasteiger partial charge is 0.470 e. The number of fused-ring (bicyclic) bond motifs is 1. The number of rotatable bonds is 5. The Balaban J connectivity index is 0.000000320. The first-order valence-corrected chi connectivity index (χ1v) is 9.78. The van der Waals surface area contributed by atoms with Crippen LogP contribution in [-0.2, 0) is 0 Å². The van der Waals surface area contributed by atoms with E-state index in [4.69, 9.17) is 16.3 Å². The first-order valence-electron chi connectivity index (χ1n) is 9.40. The summed E-state index contributed by atoms with van der Waals surface area (Å²) in [5, 5.41) is 7.31. The van der Waals surface area contributed by atoms with E-state index in [0.717, 1.165) is 25.3 Å². The third kappa shape index (κ3) is 6.22. The van der Waals surface area contributed by atoms with Gasteiger partial charge in [0.15, 0.2) is 0 Å². The van der Waals surface area contributed by atoms with Crippen LogP contribution in [0.25, 0.3) is 0 Å². The number of pyridine rings is 2. The molecule has 4 rings (SSSR count). The maximum absolute atomic E-state index is 5.87. The molecule has 3 heterocycles. The minimum atomic E-state index is 0.0814. The molecular weight excluding hydrogens is 372 g/mol. The summed E-state index contributed by atoms with van der Waals surface area (Å²) in [6.45, 7) is 4.57. The van der Waals surface area contributed by atoms with Crippen molar-refractivity contribution in [3.05, 3.63) is 83.8 Å². The Labute approximate surface area is 171 Å². The highest BCUT2D eigenvalue weighted by Gasteiger charge is 2.19. The van der Waals surface area contributed by atoms with Gasteiger partial charge in [-0.2, -0.15) is 0 Å². The third-order valence-electron chi connectivity index (χ3n) is 4.38. The van der Waals surface area contributed by atoms with Crippen LogP contribution in [0, 0.1) is 0 Å². The predicted octanol–water partition coefficient (Wildman–Crippen LogP) is 4.38. The van der Waals surface area contributed by atoms with Crippen molar-refractivity contribution in [1.82, 2.24) is 15.3 Å². The Morgan fingerprint density at radius 2 is 1.86 bits per heavy atom. The zero-order valence-electron chi connectivity index (χ0n) is 15.9. The van der Waals surface area contributed by atoms with E-state index in [-0.39, 0.29) is 6.10 Å². The summed E-state index contributed by atoms with van der Waals surface area (Å²) in [4.78, 5) is 8.35. The van der Waals surface area contributed by atoms with Crippen molar-refractivity contribution >= 4 is 17.3 Å². The first kappa shape index (κ1) is 20.1.